The number of aromatic nitrogens is 1. The molecule has 0 aromatic carbocycles. The van der Waals surface area contributed by atoms with Gasteiger partial charge in [0.25, 0.3) is 0 Å². The quantitative estimate of drug-likeness (QED) is 0.760. The number of piperidine rings is 1. The maximum atomic E-state index is 11.7. The summed E-state index contributed by atoms with van der Waals surface area (Å²) < 4.78 is 4.92. The molecule has 2 heterocycles. The van der Waals surface area contributed by atoms with Crippen LogP contribution in [0.15, 0.2) is 10.6 Å². The van der Waals surface area contributed by atoms with Crippen LogP contribution in [0.4, 0.5) is 5.88 Å². The van der Waals surface area contributed by atoms with Gasteiger partial charge in [0.15, 0.2) is 0 Å². The number of rotatable bonds is 2. The number of hydrogen-bond donors (Lipinski definition) is 2. The molecular formula is C10H15N3O2. The van der Waals surface area contributed by atoms with Crippen molar-refractivity contribution < 1.29 is 9.32 Å². The van der Waals surface area contributed by atoms with E-state index >= 15 is 0 Å². The molecule has 2 N–H and O–H groups in total. The van der Waals surface area contributed by atoms with Crippen molar-refractivity contribution in [2.24, 2.45) is 5.92 Å². The number of amides is 1. The van der Waals surface area contributed by atoms with Gasteiger partial charge in [0, 0.05) is 12.6 Å². The van der Waals surface area contributed by atoms with Crippen LogP contribution in [-0.2, 0) is 4.79 Å². The Morgan fingerprint density at radius 2 is 2.60 bits per heavy atom. The second-order valence-electron chi connectivity index (χ2n) is 3.87. The third-order valence-electron chi connectivity index (χ3n) is 2.54. The molecule has 0 spiro atoms. The molecule has 15 heavy (non-hydrogen) atoms. The first-order valence-corrected chi connectivity index (χ1v) is 5.20. The Labute approximate surface area is 88.2 Å². The van der Waals surface area contributed by atoms with E-state index in [0.717, 1.165) is 31.6 Å². The van der Waals surface area contributed by atoms with Crippen molar-refractivity contribution in [3.63, 3.8) is 0 Å². The van der Waals surface area contributed by atoms with E-state index in [1.54, 1.807) is 6.07 Å². The number of nitrogens with one attached hydrogen (secondary N) is 2. The minimum Gasteiger partial charge on any atom is -0.338 e. The van der Waals surface area contributed by atoms with Crippen LogP contribution in [0.2, 0.25) is 0 Å². The molecule has 1 aromatic rings. The fraction of sp³-hybridized carbons (Fsp3) is 0.600. The molecule has 1 atom stereocenters. The van der Waals surface area contributed by atoms with Crippen molar-refractivity contribution in [1.29, 1.82) is 0 Å². The summed E-state index contributed by atoms with van der Waals surface area (Å²) in [5.41, 5.74) is 0.770. The van der Waals surface area contributed by atoms with Crippen LogP contribution in [-0.4, -0.2) is 24.2 Å². The second-order valence-corrected chi connectivity index (χ2v) is 3.87. The first-order chi connectivity index (χ1) is 7.25. The summed E-state index contributed by atoms with van der Waals surface area (Å²) in [6, 6.07) is 1.72. The minimum absolute atomic E-state index is 0.0124. The average molecular weight is 209 g/mol. The van der Waals surface area contributed by atoms with Crippen molar-refractivity contribution >= 4 is 11.8 Å². The lowest BCUT2D eigenvalue weighted by atomic mass is 9.99. The van der Waals surface area contributed by atoms with E-state index in [9.17, 15) is 4.79 Å². The monoisotopic (exact) mass is 209 g/mol. The highest BCUT2D eigenvalue weighted by Gasteiger charge is 2.21. The third kappa shape index (κ3) is 2.56. The Morgan fingerprint density at radius 3 is 3.20 bits per heavy atom. The van der Waals surface area contributed by atoms with Crippen LogP contribution < -0.4 is 10.6 Å². The van der Waals surface area contributed by atoms with Crippen molar-refractivity contribution in [1.82, 2.24) is 10.5 Å². The number of aryl methyl sites for hydroxylation is 1. The largest absolute Gasteiger partial charge is 0.338 e. The summed E-state index contributed by atoms with van der Waals surface area (Å²) in [5.74, 6) is 0.491. The first-order valence-electron chi connectivity index (χ1n) is 5.20. The molecule has 0 unspecified atom stereocenters. The lowest BCUT2D eigenvalue weighted by Gasteiger charge is -2.20. The smallest absolute Gasteiger partial charge is 0.231 e. The summed E-state index contributed by atoms with van der Waals surface area (Å²) >= 11 is 0. The summed E-state index contributed by atoms with van der Waals surface area (Å²) in [5, 5.41) is 9.63. The molecule has 1 fully saturated rings. The Kier molecular flexibility index (Phi) is 3.01. The van der Waals surface area contributed by atoms with Gasteiger partial charge in [0.1, 0.15) is 0 Å². The highest BCUT2D eigenvalue weighted by molar-refractivity contribution is 5.91. The predicted octanol–water partition coefficient (Wildman–Crippen LogP) is 0.921. The van der Waals surface area contributed by atoms with Crippen molar-refractivity contribution in [2.45, 2.75) is 19.8 Å². The molecule has 5 heteroatoms. The molecule has 1 aromatic heterocycles. The molecule has 2 rings (SSSR count). The van der Waals surface area contributed by atoms with E-state index in [1.807, 2.05) is 6.92 Å². The van der Waals surface area contributed by atoms with Crippen molar-refractivity contribution in [2.75, 3.05) is 18.4 Å². The molecule has 82 valence electrons. The zero-order valence-corrected chi connectivity index (χ0v) is 8.75. The number of nitrogens with zero attached hydrogens (tertiary/aromatic N) is 1. The summed E-state index contributed by atoms with van der Waals surface area (Å²) in [6.45, 7) is 3.57. The molecule has 1 aliphatic heterocycles. The highest BCUT2D eigenvalue weighted by Crippen LogP contribution is 2.14. The van der Waals surface area contributed by atoms with Gasteiger partial charge in [-0.25, -0.2) is 0 Å². The average Bonchev–Trinajstić information content (AvgIpc) is 2.65. The van der Waals surface area contributed by atoms with Gasteiger partial charge in [0.2, 0.25) is 11.8 Å². The molecular weight excluding hydrogens is 194 g/mol. The fourth-order valence-corrected chi connectivity index (χ4v) is 1.72. The van der Waals surface area contributed by atoms with Crippen LogP contribution in [0.3, 0.4) is 0 Å². The highest BCUT2D eigenvalue weighted by atomic mass is 16.5. The predicted molar refractivity (Wildman–Crippen MR) is 55.5 cm³/mol. The molecule has 0 saturated carbocycles. The Hall–Kier alpha value is -1.36. The Bertz CT molecular complexity index is 342. The van der Waals surface area contributed by atoms with Crippen LogP contribution in [0, 0.1) is 12.8 Å². The number of carbonyl (C=O) groups excluding carboxylic acids is 1. The Balaban J connectivity index is 1.91. The molecule has 0 radical (unpaired) electrons. The van der Waals surface area contributed by atoms with Gasteiger partial charge < -0.3 is 9.84 Å². The van der Waals surface area contributed by atoms with E-state index in [0.29, 0.717) is 5.88 Å². The van der Waals surface area contributed by atoms with Gasteiger partial charge in [0.05, 0.1) is 11.6 Å². The maximum absolute atomic E-state index is 11.7. The van der Waals surface area contributed by atoms with E-state index in [4.69, 9.17) is 4.52 Å². The molecule has 1 aliphatic rings. The molecule has 1 saturated heterocycles. The summed E-state index contributed by atoms with van der Waals surface area (Å²) in [6.07, 6.45) is 1.99. The van der Waals surface area contributed by atoms with E-state index < -0.39 is 0 Å². The van der Waals surface area contributed by atoms with Gasteiger partial charge in [-0.05, 0) is 26.3 Å². The van der Waals surface area contributed by atoms with Gasteiger partial charge >= 0.3 is 0 Å². The van der Waals surface area contributed by atoms with Crippen LogP contribution in [0.5, 0.6) is 0 Å². The van der Waals surface area contributed by atoms with Gasteiger partial charge in [-0.15, -0.1) is 0 Å². The zero-order valence-electron chi connectivity index (χ0n) is 8.75. The number of anilines is 1. The summed E-state index contributed by atoms with van der Waals surface area (Å²) in [7, 11) is 0. The third-order valence-corrected chi connectivity index (χ3v) is 2.54. The lowest BCUT2D eigenvalue weighted by molar-refractivity contribution is -0.120. The molecule has 0 bridgehead atoms. The molecule has 1 amide bonds. The Morgan fingerprint density at radius 1 is 1.73 bits per heavy atom. The van der Waals surface area contributed by atoms with Gasteiger partial charge in [-0.2, -0.15) is 0 Å². The minimum atomic E-state index is 0.0124. The molecule has 0 aliphatic carbocycles. The van der Waals surface area contributed by atoms with E-state index in [2.05, 4.69) is 15.8 Å². The van der Waals surface area contributed by atoms with E-state index in [1.165, 1.54) is 0 Å². The van der Waals surface area contributed by atoms with Crippen molar-refractivity contribution in [3.05, 3.63) is 11.8 Å². The number of carbonyl (C=O) groups is 1. The summed E-state index contributed by atoms with van der Waals surface area (Å²) in [4.78, 5) is 11.7. The van der Waals surface area contributed by atoms with Gasteiger partial charge in [-0.1, -0.05) is 5.16 Å². The zero-order chi connectivity index (χ0) is 10.7. The van der Waals surface area contributed by atoms with Crippen LogP contribution in [0.25, 0.3) is 0 Å². The van der Waals surface area contributed by atoms with E-state index in [-0.39, 0.29) is 11.8 Å². The lowest BCUT2D eigenvalue weighted by Crippen LogP contribution is -2.37. The normalized spacial score (nSPS) is 21.3. The van der Waals surface area contributed by atoms with Crippen LogP contribution in [0.1, 0.15) is 18.5 Å². The maximum Gasteiger partial charge on any atom is 0.231 e. The first kappa shape index (κ1) is 10.2. The molecule has 5 nitrogen and oxygen atoms in total. The fourth-order valence-electron chi connectivity index (χ4n) is 1.72. The standard InChI is InChI=1S/C10H15N3O2/c1-7-5-9(15-13-7)12-10(14)8-3-2-4-11-6-8/h5,8,11H,2-4,6H2,1H3,(H,12,14)/t8-/m1/s1. The van der Waals surface area contributed by atoms with Crippen molar-refractivity contribution in [3.8, 4) is 0 Å². The SMILES string of the molecule is Cc1cc(NC(=O)[C@@H]2CCCNC2)on1. The van der Waals surface area contributed by atoms with Crippen LogP contribution >= 0.6 is 0 Å². The van der Waals surface area contributed by atoms with Gasteiger partial charge in [-0.3, -0.25) is 10.1 Å². The topological polar surface area (TPSA) is 67.2 Å². The number of hydrogen-bond acceptors (Lipinski definition) is 4. The second kappa shape index (κ2) is 4.44.